The number of hydrazine groups is 1. The highest BCUT2D eigenvalue weighted by Crippen LogP contribution is 2.32. The zero-order valence-electron chi connectivity index (χ0n) is 8.05. The predicted octanol–water partition coefficient (Wildman–Crippen LogP) is 2.52. The van der Waals surface area contributed by atoms with Crippen molar-refractivity contribution in [1.29, 1.82) is 0 Å². The van der Waals surface area contributed by atoms with Crippen molar-refractivity contribution >= 4 is 17.4 Å². The number of nitrogens with two attached hydrogens (primary N) is 1. The molecule has 4 heteroatoms. The molecular formula is C11H11N3S. The number of anilines is 1. The van der Waals surface area contributed by atoms with E-state index in [1.807, 2.05) is 42.6 Å². The zero-order chi connectivity index (χ0) is 10.5. The normalized spacial score (nSPS) is 9.93. The molecule has 15 heavy (non-hydrogen) atoms. The van der Waals surface area contributed by atoms with E-state index < -0.39 is 0 Å². The number of aromatic nitrogens is 1. The Morgan fingerprint density at radius 3 is 2.73 bits per heavy atom. The Bertz CT molecular complexity index is 431. The van der Waals surface area contributed by atoms with Gasteiger partial charge < -0.3 is 5.43 Å². The Kier molecular flexibility index (Phi) is 3.22. The molecule has 2 rings (SSSR count). The monoisotopic (exact) mass is 217 g/mol. The van der Waals surface area contributed by atoms with Crippen LogP contribution < -0.4 is 11.3 Å². The summed E-state index contributed by atoms with van der Waals surface area (Å²) in [4.78, 5) is 6.25. The van der Waals surface area contributed by atoms with Gasteiger partial charge in [-0.1, -0.05) is 23.9 Å². The Hall–Kier alpha value is -1.52. The molecule has 0 spiro atoms. The summed E-state index contributed by atoms with van der Waals surface area (Å²) in [5.41, 5.74) is 3.60. The molecule has 0 saturated carbocycles. The molecule has 0 radical (unpaired) electrons. The zero-order valence-corrected chi connectivity index (χ0v) is 8.87. The fourth-order valence-corrected chi connectivity index (χ4v) is 2.11. The molecule has 0 amide bonds. The van der Waals surface area contributed by atoms with Crippen molar-refractivity contribution in [3.8, 4) is 0 Å². The summed E-state index contributed by atoms with van der Waals surface area (Å²) in [6.45, 7) is 0. The average molecular weight is 217 g/mol. The van der Waals surface area contributed by atoms with Gasteiger partial charge in [0.15, 0.2) is 0 Å². The number of hydrogen-bond donors (Lipinski definition) is 2. The summed E-state index contributed by atoms with van der Waals surface area (Å²) in [6.07, 6.45) is 3.59. The minimum Gasteiger partial charge on any atom is -0.323 e. The van der Waals surface area contributed by atoms with Crippen molar-refractivity contribution < 1.29 is 0 Å². The summed E-state index contributed by atoms with van der Waals surface area (Å²) in [5, 5.41) is 0. The Morgan fingerprint density at radius 1 is 1.13 bits per heavy atom. The first-order chi connectivity index (χ1) is 7.40. The SMILES string of the molecule is NNc1ccccc1Sc1cccnc1. The van der Waals surface area contributed by atoms with E-state index in [2.05, 4.69) is 10.4 Å². The lowest BCUT2D eigenvalue weighted by Gasteiger charge is -2.07. The molecule has 1 aromatic heterocycles. The van der Waals surface area contributed by atoms with Gasteiger partial charge in [-0.3, -0.25) is 10.8 Å². The molecule has 0 unspecified atom stereocenters. The molecule has 2 aromatic rings. The van der Waals surface area contributed by atoms with Gasteiger partial charge in [-0.25, -0.2) is 0 Å². The molecule has 0 aliphatic rings. The van der Waals surface area contributed by atoms with Gasteiger partial charge in [0.1, 0.15) is 0 Å². The number of para-hydroxylation sites is 1. The standard InChI is InChI=1S/C11H11N3S/c12-14-10-5-1-2-6-11(10)15-9-4-3-7-13-8-9/h1-8,14H,12H2. The summed E-state index contributed by atoms with van der Waals surface area (Å²) in [6, 6.07) is 11.8. The van der Waals surface area contributed by atoms with Crippen LogP contribution in [-0.4, -0.2) is 4.98 Å². The van der Waals surface area contributed by atoms with Crippen molar-refractivity contribution in [1.82, 2.24) is 4.98 Å². The smallest absolute Gasteiger partial charge is 0.0624 e. The van der Waals surface area contributed by atoms with Crippen LogP contribution in [0.5, 0.6) is 0 Å². The predicted molar refractivity (Wildman–Crippen MR) is 62.6 cm³/mol. The van der Waals surface area contributed by atoms with E-state index in [4.69, 9.17) is 5.84 Å². The fourth-order valence-electron chi connectivity index (χ4n) is 1.21. The minimum absolute atomic E-state index is 0.923. The van der Waals surface area contributed by atoms with Crippen molar-refractivity contribution in [3.05, 3.63) is 48.8 Å². The Labute approximate surface area is 92.7 Å². The molecule has 0 atom stereocenters. The maximum absolute atomic E-state index is 5.43. The van der Waals surface area contributed by atoms with Crippen LogP contribution in [0.3, 0.4) is 0 Å². The number of nitrogens with one attached hydrogen (secondary N) is 1. The van der Waals surface area contributed by atoms with Gasteiger partial charge in [0.25, 0.3) is 0 Å². The first-order valence-corrected chi connectivity index (χ1v) is 5.35. The van der Waals surface area contributed by atoms with Crippen LogP contribution in [0.2, 0.25) is 0 Å². The number of rotatable bonds is 3. The van der Waals surface area contributed by atoms with Crippen LogP contribution in [0.25, 0.3) is 0 Å². The minimum atomic E-state index is 0.923. The third kappa shape index (κ3) is 2.49. The number of nitrogens with zero attached hydrogens (tertiary/aromatic N) is 1. The molecule has 3 nitrogen and oxygen atoms in total. The van der Waals surface area contributed by atoms with E-state index in [0.29, 0.717) is 0 Å². The molecule has 1 aromatic carbocycles. The number of benzene rings is 1. The molecule has 0 saturated heterocycles. The molecule has 0 aliphatic carbocycles. The second-order valence-corrected chi connectivity index (χ2v) is 4.05. The van der Waals surface area contributed by atoms with E-state index in [-0.39, 0.29) is 0 Å². The fraction of sp³-hybridized carbons (Fsp3) is 0. The average Bonchev–Trinajstić information content (AvgIpc) is 2.31. The lowest BCUT2D eigenvalue weighted by atomic mass is 10.3. The molecule has 0 fully saturated rings. The molecule has 76 valence electrons. The quantitative estimate of drug-likeness (QED) is 0.612. The highest BCUT2D eigenvalue weighted by atomic mass is 32.2. The molecule has 1 heterocycles. The van der Waals surface area contributed by atoms with Gasteiger partial charge in [-0.2, -0.15) is 0 Å². The van der Waals surface area contributed by atoms with Gasteiger partial charge in [-0.15, -0.1) is 0 Å². The lowest BCUT2D eigenvalue weighted by molar-refractivity contribution is 1.23. The maximum atomic E-state index is 5.43. The van der Waals surface area contributed by atoms with Gasteiger partial charge >= 0.3 is 0 Å². The lowest BCUT2D eigenvalue weighted by Crippen LogP contribution is -2.07. The third-order valence-electron chi connectivity index (χ3n) is 1.90. The summed E-state index contributed by atoms with van der Waals surface area (Å²) in [7, 11) is 0. The first-order valence-electron chi connectivity index (χ1n) is 4.53. The summed E-state index contributed by atoms with van der Waals surface area (Å²) < 4.78 is 0. The van der Waals surface area contributed by atoms with Crippen LogP contribution in [-0.2, 0) is 0 Å². The number of hydrogen-bond acceptors (Lipinski definition) is 4. The van der Waals surface area contributed by atoms with Crippen LogP contribution in [0.1, 0.15) is 0 Å². The van der Waals surface area contributed by atoms with Crippen LogP contribution in [0.4, 0.5) is 5.69 Å². The van der Waals surface area contributed by atoms with Crippen LogP contribution in [0, 0.1) is 0 Å². The molecular weight excluding hydrogens is 206 g/mol. The van der Waals surface area contributed by atoms with Gasteiger partial charge in [0.2, 0.25) is 0 Å². The van der Waals surface area contributed by atoms with Crippen LogP contribution >= 0.6 is 11.8 Å². The highest BCUT2D eigenvalue weighted by Gasteiger charge is 2.01. The Balaban J connectivity index is 2.24. The van der Waals surface area contributed by atoms with Gasteiger partial charge in [0, 0.05) is 22.2 Å². The maximum Gasteiger partial charge on any atom is 0.0624 e. The van der Waals surface area contributed by atoms with E-state index in [9.17, 15) is 0 Å². The first kappa shape index (κ1) is 10.0. The Morgan fingerprint density at radius 2 is 2.00 bits per heavy atom. The van der Waals surface area contributed by atoms with Crippen molar-refractivity contribution in [2.75, 3.05) is 5.43 Å². The molecule has 0 aliphatic heterocycles. The highest BCUT2D eigenvalue weighted by molar-refractivity contribution is 7.99. The van der Waals surface area contributed by atoms with Gasteiger partial charge in [0.05, 0.1) is 5.69 Å². The van der Waals surface area contributed by atoms with E-state index in [1.165, 1.54) is 0 Å². The molecule has 3 N–H and O–H groups in total. The summed E-state index contributed by atoms with van der Waals surface area (Å²) in [5.74, 6) is 5.43. The van der Waals surface area contributed by atoms with Crippen molar-refractivity contribution in [2.24, 2.45) is 5.84 Å². The van der Waals surface area contributed by atoms with Crippen molar-refractivity contribution in [2.45, 2.75) is 9.79 Å². The summed E-state index contributed by atoms with van der Waals surface area (Å²) >= 11 is 1.63. The largest absolute Gasteiger partial charge is 0.323 e. The number of pyridine rings is 1. The van der Waals surface area contributed by atoms with E-state index >= 15 is 0 Å². The second-order valence-electron chi connectivity index (χ2n) is 2.93. The van der Waals surface area contributed by atoms with Crippen molar-refractivity contribution in [3.63, 3.8) is 0 Å². The second kappa shape index (κ2) is 4.82. The van der Waals surface area contributed by atoms with E-state index in [1.54, 1.807) is 18.0 Å². The van der Waals surface area contributed by atoms with Gasteiger partial charge in [-0.05, 0) is 24.3 Å². The molecule has 0 bridgehead atoms. The topological polar surface area (TPSA) is 50.9 Å². The van der Waals surface area contributed by atoms with E-state index in [0.717, 1.165) is 15.5 Å². The van der Waals surface area contributed by atoms with Crippen LogP contribution in [0.15, 0.2) is 58.6 Å². The third-order valence-corrected chi connectivity index (χ3v) is 2.96. The number of nitrogen functional groups attached to an aromatic ring is 1.